The van der Waals surface area contributed by atoms with Gasteiger partial charge in [-0.2, -0.15) is 5.10 Å². The summed E-state index contributed by atoms with van der Waals surface area (Å²) in [5.41, 5.74) is 0.302. The summed E-state index contributed by atoms with van der Waals surface area (Å²) in [6, 6.07) is 0. The zero-order valence-electron chi connectivity index (χ0n) is 7.68. The van der Waals surface area contributed by atoms with E-state index in [0.29, 0.717) is 5.69 Å². The molecule has 0 aliphatic heterocycles. The minimum Gasteiger partial charge on any atom is -0.476 e. The molecule has 4 nitrogen and oxygen atoms in total. The highest BCUT2D eigenvalue weighted by Crippen LogP contribution is 2.29. The standard InChI is InChI=1S/C8H11ClN2O2/c1-8(2,3)6-4(9)5(7(12)13)10-11-6/h1-3H3,(H,10,11)(H,12,13). The van der Waals surface area contributed by atoms with Crippen molar-refractivity contribution in [1.29, 1.82) is 0 Å². The van der Waals surface area contributed by atoms with Crippen LogP contribution in [-0.4, -0.2) is 21.3 Å². The van der Waals surface area contributed by atoms with Crippen molar-refractivity contribution in [2.75, 3.05) is 0 Å². The Labute approximate surface area is 80.9 Å². The van der Waals surface area contributed by atoms with Gasteiger partial charge in [-0.1, -0.05) is 32.4 Å². The van der Waals surface area contributed by atoms with Gasteiger partial charge in [0.25, 0.3) is 0 Å². The predicted molar refractivity (Wildman–Crippen MR) is 49.3 cm³/mol. The van der Waals surface area contributed by atoms with E-state index in [0.717, 1.165) is 0 Å². The van der Waals surface area contributed by atoms with Gasteiger partial charge in [0.15, 0.2) is 5.69 Å². The number of hydrogen-bond acceptors (Lipinski definition) is 2. The van der Waals surface area contributed by atoms with E-state index < -0.39 is 5.97 Å². The van der Waals surface area contributed by atoms with E-state index in [1.54, 1.807) is 0 Å². The molecular weight excluding hydrogens is 192 g/mol. The molecule has 0 amide bonds. The average Bonchev–Trinajstić information content (AvgIpc) is 2.28. The summed E-state index contributed by atoms with van der Waals surface area (Å²) in [5, 5.41) is 15.1. The van der Waals surface area contributed by atoms with Gasteiger partial charge in [0, 0.05) is 5.41 Å². The summed E-state index contributed by atoms with van der Waals surface area (Å²) >= 11 is 5.83. The fourth-order valence-corrected chi connectivity index (χ4v) is 1.42. The van der Waals surface area contributed by atoms with Crippen LogP contribution in [0.1, 0.15) is 37.0 Å². The van der Waals surface area contributed by atoms with Gasteiger partial charge in [-0.15, -0.1) is 0 Å². The molecule has 0 atom stereocenters. The minimum atomic E-state index is -1.11. The Morgan fingerprint density at radius 2 is 2.08 bits per heavy atom. The van der Waals surface area contributed by atoms with E-state index in [2.05, 4.69) is 10.2 Å². The molecule has 13 heavy (non-hydrogen) atoms. The number of carboxylic acid groups (broad SMARTS) is 1. The smallest absolute Gasteiger partial charge is 0.357 e. The first kappa shape index (κ1) is 10.1. The number of hydrogen-bond donors (Lipinski definition) is 2. The van der Waals surface area contributed by atoms with E-state index in [1.165, 1.54) is 0 Å². The van der Waals surface area contributed by atoms with Crippen molar-refractivity contribution in [2.24, 2.45) is 0 Å². The highest BCUT2D eigenvalue weighted by molar-refractivity contribution is 6.34. The summed E-state index contributed by atoms with van der Waals surface area (Å²) in [7, 11) is 0. The van der Waals surface area contributed by atoms with E-state index in [-0.39, 0.29) is 16.1 Å². The van der Waals surface area contributed by atoms with E-state index in [4.69, 9.17) is 16.7 Å². The molecule has 0 spiro atoms. The first-order valence-electron chi connectivity index (χ1n) is 3.81. The number of halogens is 1. The lowest BCUT2D eigenvalue weighted by Gasteiger charge is -2.15. The van der Waals surface area contributed by atoms with Crippen LogP contribution in [0, 0.1) is 0 Å². The SMILES string of the molecule is CC(C)(C)c1[nH]nc(C(=O)O)c1Cl. The van der Waals surface area contributed by atoms with Crippen LogP contribution >= 0.6 is 11.6 Å². The molecule has 1 heterocycles. The first-order valence-corrected chi connectivity index (χ1v) is 4.19. The largest absolute Gasteiger partial charge is 0.476 e. The lowest BCUT2D eigenvalue weighted by Crippen LogP contribution is -2.12. The molecule has 2 N–H and O–H groups in total. The first-order chi connectivity index (χ1) is 5.84. The molecule has 5 heteroatoms. The summed E-state index contributed by atoms with van der Waals surface area (Å²) in [4.78, 5) is 10.6. The second kappa shape index (κ2) is 3.03. The van der Waals surface area contributed by atoms with Crippen LogP contribution in [0.25, 0.3) is 0 Å². The minimum absolute atomic E-state index is 0.119. The zero-order valence-corrected chi connectivity index (χ0v) is 8.44. The van der Waals surface area contributed by atoms with E-state index in [1.807, 2.05) is 20.8 Å². The van der Waals surface area contributed by atoms with Crippen molar-refractivity contribution >= 4 is 17.6 Å². The maximum absolute atomic E-state index is 10.6. The number of aromatic carboxylic acids is 1. The Kier molecular flexibility index (Phi) is 2.34. The Balaban J connectivity index is 3.22. The monoisotopic (exact) mass is 202 g/mol. The van der Waals surface area contributed by atoms with Gasteiger partial charge in [0.1, 0.15) is 0 Å². The molecule has 0 fully saturated rings. The summed E-state index contributed by atoms with van der Waals surface area (Å²) < 4.78 is 0. The number of aromatic amines is 1. The molecule has 0 unspecified atom stereocenters. The molecular formula is C8H11ClN2O2. The molecule has 0 saturated heterocycles. The van der Waals surface area contributed by atoms with Crippen molar-refractivity contribution in [2.45, 2.75) is 26.2 Å². The molecule has 0 aliphatic rings. The second-order valence-corrected chi connectivity index (χ2v) is 4.19. The lowest BCUT2D eigenvalue weighted by molar-refractivity contribution is 0.0690. The van der Waals surface area contributed by atoms with Crippen LogP contribution in [-0.2, 0) is 5.41 Å². The highest BCUT2D eigenvalue weighted by Gasteiger charge is 2.25. The molecule has 1 aromatic rings. The van der Waals surface area contributed by atoms with Crippen LogP contribution in [0.3, 0.4) is 0 Å². The number of rotatable bonds is 1. The van der Waals surface area contributed by atoms with Gasteiger partial charge in [0.2, 0.25) is 0 Å². The molecule has 0 aromatic carbocycles. The van der Waals surface area contributed by atoms with Crippen LogP contribution in [0.2, 0.25) is 5.02 Å². The molecule has 1 aromatic heterocycles. The fourth-order valence-electron chi connectivity index (χ4n) is 0.967. The van der Waals surface area contributed by atoms with Crippen LogP contribution in [0.5, 0.6) is 0 Å². The quantitative estimate of drug-likeness (QED) is 0.733. The molecule has 1 rings (SSSR count). The van der Waals surface area contributed by atoms with Gasteiger partial charge in [0.05, 0.1) is 10.7 Å². The third-order valence-electron chi connectivity index (χ3n) is 1.66. The number of carboxylic acids is 1. The molecule has 0 aliphatic carbocycles. The zero-order chi connectivity index (χ0) is 10.2. The summed E-state index contributed by atoms with van der Waals surface area (Å²) in [6.45, 7) is 5.79. The fraction of sp³-hybridized carbons (Fsp3) is 0.500. The van der Waals surface area contributed by atoms with Crippen molar-refractivity contribution < 1.29 is 9.90 Å². The number of nitrogens with one attached hydrogen (secondary N) is 1. The van der Waals surface area contributed by atoms with E-state index in [9.17, 15) is 4.79 Å². The third kappa shape index (κ3) is 1.83. The Morgan fingerprint density at radius 1 is 1.54 bits per heavy atom. The van der Waals surface area contributed by atoms with Crippen molar-refractivity contribution in [3.05, 3.63) is 16.4 Å². The normalized spacial score (nSPS) is 11.7. The van der Waals surface area contributed by atoms with Gasteiger partial charge in [-0.25, -0.2) is 4.79 Å². The Hall–Kier alpha value is -1.03. The maximum atomic E-state index is 10.6. The van der Waals surface area contributed by atoms with Gasteiger partial charge in [-0.3, -0.25) is 5.10 Å². The lowest BCUT2D eigenvalue weighted by atomic mass is 9.92. The average molecular weight is 203 g/mol. The number of nitrogens with zero attached hydrogens (tertiary/aromatic N) is 1. The molecule has 0 saturated carbocycles. The van der Waals surface area contributed by atoms with Crippen molar-refractivity contribution in [3.63, 3.8) is 0 Å². The maximum Gasteiger partial charge on any atom is 0.357 e. The van der Waals surface area contributed by atoms with Crippen LogP contribution in [0.4, 0.5) is 0 Å². The summed E-state index contributed by atoms with van der Waals surface area (Å²) in [5.74, 6) is -1.11. The van der Waals surface area contributed by atoms with E-state index >= 15 is 0 Å². The van der Waals surface area contributed by atoms with Crippen LogP contribution < -0.4 is 0 Å². The van der Waals surface area contributed by atoms with Gasteiger partial charge in [-0.05, 0) is 0 Å². The predicted octanol–water partition coefficient (Wildman–Crippen LogP) is 2.06. The molecule has 0 radical (unpaired) electrons. The van der Waals surface area contributed by atoms with Crippen molar-refractivity contribution in [1.82, 2.24) is 10.2 Å². The van der Waals surface area contributed by atoms with Gasteiger partial charge < -0.3 is 5.11 Å². The van der Waals surface area contributed by atoms with Crippen LogP contribution in [0.15, 0.2) is 0 Å². The summed E-state index contributed by atoms with van der Waals surface area (Å²) in [6.07, 6.45) is 0. The number of carbonyl (C=O) groups is 1. The Morgan fingerprint density at radius 3 is 2.31 bits per heavy atom. The molecule has 72 valence electrons. The molecule has 0 bridgehead atoms. The van der Waals surface area contributed by atoms with Gasteiger partial charge >= 0.3 is 5.97 Å². The second-order valence-electron chi connectivity index (χ2n) is 3.82. The number of H-pyrrole nitrogens is 1. The Bertz CT molecular complexity index is 338. The topological polar surface area (TPSA) is 66.0 Å². The highest BCUT2D eigenvalue weighted by atomic mass is 35.5. The van der Waals surface area contributed by atoms with Crippen molar-refractivity contribution in [3.8, 4) is 0 Å². The third-order valence-corrected chi connectivity index (χ3v) is 2.03. The number of aromatic nitrogens is 2.